The minimum atomic E-state index is 0.408. The largest absolute Gasteiger partial charge is 0.332 e. The molecule has 0 saturated heterocycles. The Morgan fingerprint density at radius 1 is 1.47 bits per heavy atom. The van der Waals surface area contributed by atoms with Crippen molar-refractivity contribution in [1.29, 1.82) is 0 Å². The molecule has 0 atom stereocenters. The number of hydrogen-bond acceptors (Lipinski definition) is 4. The average molecular weight is 252 g/mol. The molecule has 0 radical (unpaired) electrons. The Hall–Kier alpha value is -0.970. The van der Waals surface area contributed by atoms with E-state index in [1.807, 2.05) is 31.2 Å². The number of thioether (sulfide) groups is 1. The van der Waals surface area contributed by atoms with Gasteiger partial charge in [-0.3, -0.25) is 9.67 Å². The van der Waals surface area contributed by atoms with Gasteiger partial charge in [0.25, 0.3) is 0 Å². The van der Waals surface area contributed by atoms with Gasteiger partial charge in [-0.05, 0) is 18.3 Å². The Bertz CT molecular complexity index is 406. The highest BCUT2D eigenvalue weighted by Crippen LogP contribution is 2.35. The highest BCUT2D eigenvalue weighted by molar-refractivity contribution is 8.14. The summed E-state index contributed by atoms with van der Waals surface area (Å²) >= 11 is 1.83. The summed E-state index contributed by atoms with van der Waals surface area (Å²) < 4.78 is 1.79. The molecule has 0 spiro atoms. The van der Waals surface area contributed by atoms with Crippen molar-refractivity contribution in [2.24, 2.45) is 17.5 Å². The molecule has 0 amide bonds. The maximum Gasteiger partial charge on any atom is 0.161 e. The van der Waals surface area contributed by atoms with Crippen molar-refractivity contribution in [1.82, 2.24) is 9.78 Å². The fraction of sp³-hybridized carbons (Fsp3) is 0.667. The summed E-state index contributed by atoms with van der Waals surface area (Å²) in [5.74, 6) is 1.16. The number of hydrogen-bond donors (Lipinski definition) is 1. The van der Waals surface area contributed by atoms with E-state index < -0.39 is 0 Å². The molecule has 0 fully saturated rings. The number of aromatic nitrogens is 2. The molecule has 1 aromatic rings. The SMILES string of the molecule is CCC1(CC)CN=C(Nc2cnn(C)c2)SC1. The zero-order valence-electron chi connectivity index (χ0n) is 10.7. The molecular formula is C12H20N4S. The maximum absolute atomic E-state index is 4.66. The van der Waals surface area contributed by atoms with Crippen LogP contribution in [0.2, 0.25) is 0 Å². The molecule has 2 heterocycles. The summed E-state index contributed by atoms with van der Waals surface area (Å²) in [7, 11) is 1.92. The van der Waals surface area contributed by atoms with Gasteiger partial charge in [0, 0.05) is 25.5 Å². The molecule has 0 saturated carbocycles. The van der Waals surface area contributed by atoms with E-state index in [1.165, 1.54) is 12.8 Å². The molecule has 1 aromatic heterocycles. The topological polar surface area (TPSA) is 42.2 Å². The maximum atomic E-state index is 4.66. The Morgan fingerprint density at radius 2 is 2.24 bits per heavy atom. The van der Waals surface area contributed by atoms with Crippen molar-refractivity contribution in [2.75, 3.05) is 17.6 Å². The molecule has 1 aliphatic rings. The molecule has 4 nitrogen and oxygen atoms in total. The first-order valence-electron chi connectivity index (χ1n) is 6.10. The van der Waals surface area contributed by atoms with Crippen LogP contribution in [0.15, 0.2) is 17.4 Å². The Morgan fingerprint density at radius 3 is 2.71 bits per heavy atom. The number of aliphatic imine (C=N–C) groups is 1. The molecule has 17 heavy (non-hydrogen) atoms. The molecule has 0 bridgehead atoms. The minimum Gasteiger partial charge on any atom is -0.332 e. The van der Waals surface area contributed by atoms with Gasteiger partial charge in [0.15, 0.2) is 5.17 Å². The van der Waals surface area contributed by atoms with E-state index >= 15 is 0 Å². The third kappa shape index (κ3) is 2.83. The van der Waals surface area contributed by atoms with Crippen molar-refractivity contribution < 1.29 is 0 Å². The first-order chi connectivity index (χ1) is 8.17. The molecular weight excluding hydrogens is 232 g/mol. The van der Waals surface area contributed by atoms with Crippen LogP contribution < -0.4 is 5.32 Å². The Kier molecular flexibility index (Phi) is 3.76. The number of anilines is 1. The molecule has 1 N–H and O–H groups in total. The molecule has 0 aliphatic carbocycles. The molecule has 5 heteroatoms. The van der Waals surface area contributed by atoms with Crippen LogP contribution in [0.4, 0.5) is 5.69 Å². The third-order valence-corrected chi connectivity index (χ3v) is 4.79. The number of nitrogens with zero attached hydrogens (tertiary/aromatic N) is 3. The molecule has 94 valence electrons. The van der Waals surface area contributed by atoms with Crippen LogP contribution in [-0.2, 0) is 7.05 Å². The molecule has 0 unspecified atom stereocenters. The second kappa shape index (κ2) is 5.12. The second-order valence-corrected chi connectivity index (χ2v) is 5.61. The number of aryl methyl sites for hydroxylation is 1. The lowest BCUT2D eigenvalue weighted by molar-refractivity contribution is 0.318. The van der Waals surface area contributed by atoms with Gasteiger partial charge < -0.3 is 5.32 Å². The van der Waals surface area contributed by atoms with E-state index in [2.05, 4.69) is 29.3 Å². The van der Waals surface area contributed by atoms with Gasteiger partial charge in [-0.1, -0.05) is 25.6 Å². The van der Waals surface area contributed by atoms with Crippen LogP contribution in [0.3, 0.4) is 0 Å². The van der Waals surface area contributed by atoms with Crippen molar-refractivity contribution >= 4 is 22.6 Å². The lowest BCUT2D eigenvalue weighted by Crippen LogP contribution is -2.32. The fourth-order valence-electron chi connectivity index (χ4n) is 1.91. The predicted molar refractivity (Wildman–Crippen MR) is 74.6 cm³/mol. The Labute approximate surface area is 107 Å². The van der Waals surface area contributed by atoms with Crippen LogP contribution in [-0.4, -0.2) is 27.2 Å². The van der Waals surface area contributed by atoms with Gasteiger partial charge >= 0.3 is 0 Å². The second-order valence-electron chi connectivity index (χ2n) is 4.64. The van der Waals surface area contributed by atoms with Gasteiger partial charge in [0.2, 0.25) is 0 Å². The lowest BCUT2D eigenvalue weighted by Gasteiger charge is -2.33. The zero-order valence-corrected chi connectivity index (χ0v) is 11.5. The summed E-state index contributed by atoms with van der Waals surface area (Å²) in [5, 5.41) is 8.47. The number of nitrogens with one attached hydrogen (secondary N) is 1. The van der Waals surface area contributed by atoms with Crippen molar-refractivity contribution in [3.8, 4) is 0 Å². The van der Waals surface area contributed by atoms with Crippen LogP contribution in [0.5, 0.6) is 0 Å². The highest BCUT2D eigenvalue weighted by atomic mass is 32.2. The van der Waals surface area contributed by atoms with Gasteiger partial charge in [-0.15, -0.1) is 0 Å². The molecule has 0 aromatic carbocycles. The summed E-state index contributed by atoms with van der Waals surface area (Å²) in [6.07, 6.45) is 6.20. The predicted octanol–water partition coefficient (Wildman–Crippen LogP) is 2.74. The van der Waals surface area contributed by atoms with Gasteiger partial charge in [-0.2, -0.15) is 5.10 Å². The van der Waals surface area contributed by atoms with Crippen LogP contribution in [0, 0.1) is 5.41 Å². The lowest BCUT2D eigenvalue weighted by atomic mass is 9.84. The van der Waals surface area contributed by atoms with Gasteiger partial charge in [0.05, 0.1) is 11.9 Å². The molecule has 2 rings (SSSR count). The van der Waals surface area contributed by atoms with Crippen LogP contribution in [0.25, 0.3) is 0 Å². The van der Waals surface area contributed by atoms with E-state index in [-0.39, 0.29) is 0 Å². The van der Waals surface area contributed by atoms with Crippen LogP contribution in [0.1, 0.15) is 26.7 Å². The number of rotatable bonds is 3. The quantitative estimate of drug-likeness (QED) is 0.899. The third-order valence-electron chi connectivity index (χ3n) is 3.53. The minimum absolute atomic E-state index is 0.408. The summed E-state index contributed by atoms with van der Waals surface area (Å²) in [4.78, 5) is 4.66. The summed E-state index contributed by atoms with van der Waals surface area (Å²) in [5.41, 5.74) is 1.42. The average Bonchev–Trinajstić information content (AvgIpc) is 2.76. The number of amidine groups is 1. The summed E-state index contributed by atoms with van der Waals surface area (Å²) in [6, 6.07) is 0. The smallest absolute Gasteiger partial charge is 0.161 e. The monoisotopic (exact) mass is 252 g/mol. The first-order valence-corrected chi connectivity index (χ1v) is 7.09. The van der Waals surface area contributed by atoms with Crippen molar-refractivity contribution in [2.45, 2.75) is 26.7 Å². The van der Waals surface area contributed by atoms with Crippen molar-refractivity contribution in [3.63, 3.8) is 0 Å². The van der Waals surface area contributed by atoms with Gasteiger partial charge in [0.1, 0.15) is 0 Å². The molecule has 1 aliphatic heterocycles. The Balaban J connectivity index is 1.99. The van der Waals surface area contributed by atoms with E-state index in [0.717, 1.165) is 23.2 Å². The van der Waals surface area contributed by atoms with Crippen molar-refractivity contribution in [3.05, 3.63) is 12.4 Å². The van der Waals surface area contributed by atoms with Gasteiger partial charge in [-0.25, -0.2) is 0 Å². The van der Waals surface area contributed by atoms with E-state index in [0.29, 0.717) is 5.41 Å². The first kappa shape index (κ1) is 12.5. The van der Waals surface area contributed by atoms with E-state index in [9.17, 15) is 0 Å². The zero-order chi connectivity index (χ0) is 12.3. The van der Waals surface area contributed by atoms with E-state index in [4.69, 9.17) is 0 Å². The fourth-order valence-corrected chi connectivity index (χ4v) is 3.20. The standard InChI is InChI=1S/C12H20N4S/c1-4-12(5-2)8-13-11(17-9-12)15-10-6-14-16(3)7-10/h6-7H,4-5,8-9H2,1-3H3,(H,13,15). The van der Waals surface area contributed by atoms with E-state index in [1.54, 1.807) is 4.68 Å². The summed E-state index contributed by atoms with van der Waals surface area (Å²) in [6.45, 7) is 5.47. The van der Waals surface area contributed by atoms with Crippen LogP contribution >= 0.6 is 11.8 Å². The normalized spacial score (nSPS) is 18.9. The highest BCUT2D eigenvalue weighted by Gasteiger charge is 2.30.